The van der Waals surface area contributed by atoms with Gasteiger partial charge in [0.1, 0.15) is 23.9 Å². The fraction of sp³-hybridized carbons (Fsp3) is 0.226. The van der Waals surface area contributed by atoms with Crippen molar-refractivity contribution in [2.24, 2.45) is 0 Å². The Kier molecular flexibility index (Phi) is 7.17. The predicted octanol–water partition coefficient (Wildman–Crippen LogP) is 6.23. The average Bonchev–Trinajstić information content (AvgIpc) is 3.69. The molecule has 0 radical (unpaired) electrons. The van der Waals surface area contributed by atoms with Crippen molar-refractivity contribution in [3.8, 4) is 11.1 Å². The maximum atomic E-state index is 13.6. The third-order valence-electron chi connectivity index (χ3n) is 6.58. The maximum absolute atomic E-state index is 13.6. The Morgan fingerprint density at radius 2 is 1.51 bits per heavy atom. The SMILES string of the molecule is Cc1ccc(CN(Cc2ccc(F)cc2)C(=O)CN(C(=O)c2ccc(-c3ccccc3)cc2)C2CC2)o1. The molecule has 5 nitrogen and oxygen atoms in total. The van der Waals surface area contributed by atoms with Crippen LogP contribution in [0.1, 0.15) is 40.3 Å². The summed E-state index contributed by atoms with van der Waals surface area (Å²) >= 11 is 0. The van der Waals surface area contributed by atoms with E-state index in [-0.39, 0.29) is 43.3 Å². The summed E-state index contributed by atoms with van der Waals surface area (Å²) in [5.41, 5.74) is 3.48. The highest BCUT2D eigenvalue weighted by molar-refractivity contribution is 5.97. The van der Waals surface area contributed by atoms with Crippen molar-refractivity contribution < 1.29 is 18.4 Å². The molecule has 0 aliphatic heterocycles. The van der Waals surface area contributed by atoms with Gasteiger partial charge in [0, 0.05) is 18.2 Å². The van der Waals surface area contributed by atoms with Crippen molar-refractivity contribution in [2.45, 2.75) is 38.9 Å². The summed E-state index contributed by atoms with van der Waals surface area (Å²) in [5.74, 6) is 0.768. The molecule has 1 aliphatic carbocycles. The van der Waals surface area contributed by atoms with E-state index in [1.165, 1.54) is 12.1 Å². The van der Waals surface area contributed by atoms with E-state index in [2.05, 4.69) is 0 Å². The fourth-order valence-corrected chi connectivity index (χ4v) is 4.40. The molecule has 4 aromatic rings. The van der Waals surface area contributed by atoms with Gasteiger partial charge >= 0.3 is 0 Å². The van der Waals surface area contributed by atoms with Gasteiger partial charge in [-0.25, -0.2) is 4.39 Å². The first-order valence-corrected chi connectivity index (χ1v) is 12.5. The first kappa shape index (κ1) is 24.5. The topological polar surface area (TPSA) is 53.8 Å². The maximum Gasteiger partial charge on any atom is 0.254 e. The van der Waals surface area contributed by atoms with E-state index in [0.717, 1.165) is 35.3 Å². The summed E-state index contributed by atoms with van der Waals surface area (Å²) in [5, 5.41) is 0. The lowest BCUT2D eigenvalue weighted by molar-refractivity contribution is -0.133. The van der Waals surface area contributed by atoms with Crippen molar-refractivity contribution in [1.82, 2.24) is 9.80 Å². The number of halogens is 1. The number of carbonyl (C=O) groups is 2. The van der Waals surface area contributed by atoms with Gasteiger partial charge in [0.05, 0.1) is 6.54 Å². The smallest absolute Gasteiger partial charge is 0.254 e. The van der Waals surface area contributed by atoms with Crippen LogP contribution < -0.4 is 0 Å². The summed E-state index contributed by atoms with van der Waals surface area (Å²) in [6.45, 7) is 2.39. The van der Waals surface area contributed by atoms with Crippen LogP contribution in [0.5, 0.6) is 0 Å². The molecule has 5 rings (SSSR count). The van der Waals surface area contributed by atoms with E-state index in [1.807, 2.05) is 73.7 Å². The third kappa shape index (κ3) is 6.15. The largest absolute Gasteiger partial charge is 0.464 e. The van der Waals surface area contributed by atoms with Crippen LogP contribution in [0, 0.1) is 12.7 Å². The van der Waals surface area contributed by atoms with Gasteiger partial charge in [0.2, 0.25) is 5.91 Å². The van der Waals surface area contributed by atoms with Crippen LogP contribution in [0.15, 0.2) is 95.4 Å². The van der Waals surface area contributed by atoms with Crippen LogP contribution in [-0.4, -0.2) is 34.2 Å². The zero-order valence-electron chi connectivity index (χ0n) is 20.8. The molecule has 3 aromatic carbocycles. The Bertz CT molecular complexity index is 1360. The molecule has 1 fully saturated rings. The molecular formula is C31H29FN2O3. The van der Waals surface area contributed by atoms with Crippen LogP contribution in [0.25, 0.3) is 11.1 Å². The van der Waals surface area contributed by atoms with Gasteiger partial charge in [-0.05, 0) is 72.9 Å². The quantitative estimate of drug-likeness (QED) is 0.276. The molecule has 1 saturated carbocycles. The first-order chi connectivity index (χ1) is 18.0. The molecule has 0 N–H and O–H groups in total. The molecule has 1 heterocycles. The minimum atomic E-state index is -0.327. The highest BCUT2D eigenvalue weighted by Gasteiger charge is 2.35. The average molecular weight is 497 g/mol. The standard InChI is InChI=1S/C31H29FN2O3/c1-22-7-18-29(37-22)20-33(19-23-8-14-27(32)15-9-23)30(35)21-34(28-16-17-28)31(36)26-12-10-25(11-13-26)24-5-3-2-4-6-24/h2-15,18,28H,16-17,19-21H2,1H3. The van der Waals surface area contributed by atoms with E-state index < -0.39 is 0 Å². The summed E-state index contributed by atoms with van der Waals surface area (Å²) in [6.07, 6.45) is 1.77. The summed E-state index contributed by atoms with van der Waals surface area (Å²) in [7, 11) is 0. The van der Waals surface area contributed by atoms with Gasteiger partial charge in [-0.3, -0.25) is 9.59 Å². The van der Waals surface area contributed by atoms with Gasteiger partial charge in [0.15, 0.2) is 0 Å². The molecule has 0 atom stereocenters. The Morgan fingerprint density at radius 1 is 0.838 bits per heavy atom. The number of nitrogens with zero attached hydrogens (tertiary/aromatic N) is 2. The molecule has 0 saturated heterocycles. The van der Waals surface area contributed by atoms with Crippen molar-refractivity contribution in [1.29, 1.82) is 0 Å². The molecule has 0 bridgehead atoms. The Morgan fingerprint density at radius 3 is 2.14 bits per heavy atom. The van der Waals surface area contributed by atoms with E-state index in [1.54, 1.807) is 21.9 Å². The number of hydrogen-bond donors (Lipinski definition) is 0. The van der Waals surface area contributed by atoms with Crippen molar-refractivity contribution in [3.05, 3.63) is 119 Å². The Balaban J connectivity index is 1.33. The number of aryl methyl sites for hydroxylation is 1. The number of rotatable bonds is 9. The minimum absolute atomic E-state index is 0.0230. The highest BCUT2D eigenvalue weighted by Crippen LogP contribution is 2.29. The fourth-order valence-electron chi connectivity index (χ4n) is 4.40. The van der Waals surface area contributed by atoms with Crippen LogP contribution >= 0.6 is 0 Å². The zero-order valence-corrected chi connectivity index (χ0v) is 20.8. The minimum Gasteiger partial charge on any atom is -0.464 e. The zero-order chi connectivity index (χ0) is 25.8. The van der Waals surface area contributed by atoms with Crippen LogP contribution in [0.4, 0.5) is 4.39 Å². The number of hydrogen-bond acceptors (Lipinski definition) is 3. The number of carbonyl (C=O) groups excluding carboxylic acids is 2. The Labute approximate surface area is 216 Å². The van der Waals surface area contributed by atoms with Crippen LogP contribution in [0.2, 0.25) is 0 Å². The van der Waals surface area contributed by atoms with E-state index in [9.17, 15) is 14.0 Å². The lowest BCUT2D eigenvalue weighted by atomic mass is 10.0. The molecule has 0 spiro atoms. The Hall–Kier alpha value is -4.19. The second-order valence-electron chi connectivity index (χ2n) is 9.50. The van der Waals surface area contributed by atoms with Crippen molar-refractivity contribution in [2.75, 3.05) is 6.54 Å². The molecular weight excluding hydrogens is 467 g/mol. The lowest BCUT2D eigenvalue weighted by Crippen LogP contribution is -2.43. The first-order valence-electron chi connectivity index (χ1n) is 12.5. The summed E-state index contributed by atoms with van der Waals surface area (Å²) < 4.78 is 19.1. The monoisotopic (exact) mass is 496 g/mol. The van der Waals surface area contributed by atoms with E-state index in [0.29, 0.717) is 11.3 Å². The van der Waals surface area contributed by atoms with Gasteiger partial charge in [-0.2, -0.15) is 0 Å². The lowest BCUT2D eigenvalue weighted by Gasteiger charge is -2.27. The third-order valence-corrected chi connectivity index (χ3v) is 6.58. The normalized spacial score (nSPS) is 12.8. The second-order valence-corrected chi connectivity index (χ2v) is 9.50. The van der Waals surface area contributed by atoms with E-state index >= 15 is 0 Å². The van der Waals surface area contributed by atoms with Crippen LogP contribution in [0.3, 0.4) is 0 Å². The molecule has 37 heavy (non-hydrogen) atoms. The van der Waals surface area contributed by atoms with Gasteiger partial charge in [-0.15, -0.1) is 0 Å². The second kappa shape index (κ2) is 10.8. The van der Waals surface area contributed by atoms with Crippen molar-refractivity contribution in [3.63, 3.8) is 0 Å². The molecule has 1 aliphatic rings. The summed E-state index contributed by atoms with van der Waals surface area (Å²) in [6, 6.07) is 27.4. The molecule has 6 heteroatoms. The number of furan rings is 1. The van der Waals surface area contributed by atoms with Gasteiger partial charge in [-0.1, -0.05) is 54.6 Å². The van der Waals surface area contributed by atoms with Gasteiger partial charge < -0.3 is 14.2 Å². The summed E-state index contributed by atoms with van der Waals surface area (Å²) in [4.78, 5) is 30.4. The molecule has 1 aromatic heterocycles. The molecule has 2 amide bonds. The molecule has 188 valence electrons. The highest BCUT2D eigenvalue weighted by atomic mass is 19.1. The van der Waals surface area contributed by atoms with Crippen LogP contribution in [-0.2, 0) is 17.9 Å². The number of benzene rings is 3. The predicted molar refractivity (Wildman–Crippen MR) is 140 cm³/mol. The number of amides is 2. The van der Waals surface area contributed by atoms with E-state index in [4.69, 9.17) is 4.42 Å². The molecule has 0 unspecified atom stereocenters. The van der Waals surface area contributed by atoms with Gasteiger partial charge in [0.25, 0.3) is 5.91 Å². The van der Waals surface area contributed by atoms with Crippen molar-refractivity contribution >= 4 is 11.8 Å².